The van der Waals surface area contributed by atoms with Crippen LogP contribution in [0.25, 0.3) is 0 Å². The van der Waals surface area contributed by atoms with Gasteiger partial charge in [-0.2, -0.15) is 4.31 Å². The molecule has 1 saturated heterocycles. The van der Waals surface area contributed by atoms with Crippen LogP contribution in [0.5, 0.6) is 0 Å². The molecule has 1 saturated carbocycles. The van der Waals surface area contributed by atoms with Gasteiger partial charge < -0.3 is 5.11 Å². The fourth-order valence-corrected chi connectivity index (χ4v) is 7.28. The maximum Gasteiger partial charge on any atom is 0.221 e. The van der Waals surface area contributed by atoms with Crippen molar-refractivity contribution in [3.05, 3.63) is 70.8 Å². The van der Waals surface area contributed by atoms with Crippen molar-refractivity contribution in [2.75, 3.05) is 0 Å². The summed E-state index contributed by atoms with van der Waals surface area (Å²) >= 11 is 0. The zero-order valence-corrected chi connectivity index (χ0v) is 20.1. The Hall–Kier alpha value is -1.83. The molecule has 0 amide bonds. The molecule has 1 aliphatic carbocycles. The summed E-state index contributed by atoms with van der Waals surface area (Å²) in [4.78, 5) is 0. The van der Waals surface area contributed by atoms with Gasteiger partial charge >= 0.3 is 0 Å². The summed E-state index contributed by atoms with van der Waals surface area (Å²) < 4.78 is 58.5. The number of hydrogen-bond donors (Lipinski definition) is 1. The van der Waals surface area contributed by atoms with Crippen LogP contribution in [-0.4, -0.2) is 30.0 Å². The Kier molecular flexibility index (Phi) is 6.95. The maximum atomic E-state index is 15.2. The second-order valence-corrected chi connectivity index (χ2v) is 11.8. The van der Waals surface area contributed by atoms with Crippen molar-refractivity contribution in [1.29, 1.82) is 0 Å². The summed E-state index contributed by atoms with van der Waals surface area (Å²) in [5.41, 5.74) is 0.720. The van der Waals surface area contributed by atoms with E-state index < -0.39 is 38.4 Å². The molecule has 180 valence electrons. The second kappa shape index (κ2) is 9.43. The Labute approximate surface area is 195 Å². The lowest BCUT2D eigenvalue weighted by Crippen LogP contribution is -2.44. The minimum atomic E-state index is -3.73. The molecule has 0 spiro atoms. The van der Waals surface area contributed by atoms with Crippen LogP contribution in [0.2, 0.25) is 0 Å². The fraction of sp³-hybridized carbons (Fsp3) is 0.538. The quantitative estimate of drug-likeness (QED) is 0.538. The molecular weight excluding hydrogens is 444 g/mol. The van der Waals surface area contributed by atoms with Crippen LogP contribution in [-0.2, 0) is 22.0 Å². The Balaban J connectivity index is 1.58. The first kappa shape index (κ1) is 24.3. The van der Waals surface area contributed by atoms with Gasteiger partial charge in [-0.1, -0.05) is 37.3 Å². The molecule has 1 heterocycles. The SMILES string of the molecule is CCC(O)CCC1(c2cc(F)c(CN3[C@@H](C)CC[C@H](c4ccccc4)S3(=O)=O)cc2F)CC1. The number of benzene rings is 2. The molecule has 3 atom stereocenters. The number of aliphatic hydroxyl groups is 1. The van der Waals surface area contributed by atoms with Crippen molar-refractivity contribution < 1.29 is 22.3 Å². The number of sulfonamides is 1. The predicted octanol–water partition coefficient (Wildman–Crippen LogP) is 5.60. The predicted molar refractivity (Wildman–Crippen MR) is 125 cm³/mol. The standard InChI is InChI=1S/C26H33F2NO3S/c1-3-21(30)11-12-26(13-14-26)22-16-23(27)20(15-24(22)28)17-29-18(2)9-10-25(33(29,31)32)19-7-5-4-6-8-19/h4-8,15-16,18,21,25,30H,3,9-14,17H2,1-2H3/t18-,21?,25+/m0/s1. The van der Waals surface area contributed by atoms with E-state index in [1.165, 1.54) is 16.4 Å². The van der Waals surface area contributed by atoms with Gasteiger partial charge in [-0.25, -0.2) is 17.2 Å². The fourth-order valence-electron chi connectivity index (χ4n) is 5.09. The Morgan fingerprint density at radius 2 is 1.82 bits per heavy atom. The molecule has 4 rings (SSSR count). The van der Waals surface area contributed by atoms with Gasteiger partial charge in [0, 0.05) is 18.2 Å². The number of rotatable bonds is 8. The largest absolute Gasteiger partial charge is 0.393 e. The summed E-state index contributed by atoms with van der Waals surface area (Å²) in [6.45, 7) is 3.54. The molecule has 33 heavy (non-hydrogen) atoms. The van der Waals surface area contributed by atoms with Gasteiger partial charge in [0.25, 0.3) is 0 Å². The average Bonchev–Trinajstić information content (AvgIpc) is 3.58. The molecule has 1 unspecified atom stereocenters. The van der Waals surface area contributed by atoms with Gasteiger partial charge in [-0.05, 0) is 80.5 Å². The van der Waals surface area contributed by atoms with Gasteiger partial charge in [0.2, 0.25) is 10.0 Å². The zero-order chi connectivity index (χ0) is 23.8. The minimum Gasteiger partial charge on any atom is -0.393 e. The van der Waals surface area contributed by atoms with Crippen LogP contribution >= 0.6 is 0 Å². The van der Waals surface area contributed by atoms with Crippen molar-refractivity contribution in [3.8, 4) is 0 Å². The van der Waals surface area contributed by atoms with E-state index in [1.807, 2.05) is 32.0 Å². The van der Waals surface area contributed by atoms with Gasteiger partial charge in [-0.3, -0.25) is 0 Å². The van der Waals surface area contributed by atoms with Gasteiger partial charge in [0.1, 0.15) is 16.9 Å². The lowest BCUT2D eigenvalue weighted by molar-refractivity contribution is 0.153. The number of aliphatic hydroxyl groups excluding tert-OH is 1. The Bertz CT molecular complexity index is 1090. The molecule has 0 bridgehead atoms. The highest BCUT2D eigenvalue weighted by molar-refractivity contribution is 7.89. The third-order valence-electron chi connectivity index (χ3n) is 7.51. The van der Waals surface area contributed by atoms with Crippen molar-refractivity contribution in [2.45, 2.75) is 88.1 Å². The molecular formula is C26H33F2NO3S. The molecule has 2 aliphatic rings. The molecule has 0 aromatic heterocycles. The highest BCUT2D eigenvalue weighted by Gasteiger charge is 2.46. The number of nitrogens with zero attached hydrogens (tertiary/aromatic N) is 1. The average molecular weight is 478 g/mol. The van der Waals surface area contributed by atoms with E-state index in [1.54, 1.807) is 12.1 Å². The van der Waals surface area contributed by atoms with E-state index in [0.29, 0.717) is 37.7 Å². The lowest BCUT2D eigenvalue weighted by atomic mass is 9.88. The second-order valence-electron chi connectivity index (χ2n) is 9.72. The molecule has 1 aliphatic heterocycles. The highest BCUT2D eigenvalue weighted by Crippen LogP contribution is 2.53. The van der Waals surface area contributed by atoms with Crippen molar-refractivity contribution in [2.24, 2.45) is 0 Å². The molecule has 2 aromatic rings. The van der Waals surface area contributed by atoms with E-state index in [2.05, 4.69) is 0 Å². The van der Waals surface area contributed by atoms with Crippen LogP contribution < -0.4 is 0 Å². The lowest BCUT2D eigenvalue weighted by Gasteiger charge is -2.37. The van der Waals surface area contributed by atoms with Gasteiger partial charge in [0.05, 0.1) is 6.10 Å². The number of hydrogen-bond acceptors (Lipinski definition) is 3. The molecule has 1 N–H and O–H groups in total. The Morgan fingerprint density at radius 1 is 1.12 bits per heavy atom. The number of halogens is 2. The first-order valence-electron chi connectivity index (χ1n) is 11.9. The zero-order valence-electron chi connectivity index (χ0n) is 19.3. The molecule has 0 radical (unpaired) electrons. The van der Waals surface area contributed by atoms with Crippen molar-refractivity contribution >= 4 is 10.0 Å². The maximum absolute atomic E-state index is 15.2. The molecule has 2 fully saturated rings. The molecule has 4 nitrogen and oxygen atoms in total. The third-order valence-corrected chi connectivity index (χ3v) is 9.88. The first-order chi connectivity index (χ1) is 15.7. The Morgan fingerprint density at radius 3 is 2.45 bits per heavy atom. The van der Waals surface area contributed by atoms with Gasteiger partial charge in [-0.15, -0.1) is 0 Å². The summed E-state index contributed by atoms with van der Waals surface area (Å²) in [6.07, 6.45) is 4.09. The highest BCUT2D eigenvalue weighted by atomic mass is 32.2. The van der Waals surface area contributed by atoms with E-state index in [4.69, 9.17) is 0 Å². The smallest absolute Gasteiger partial charge is 0.221 e. The van der Waals surface area contributed by atoms with E-state index in [0.717, 1.165) is 18.4 Å². The van der Waals surface area contributed by atoms with E-state index >= 15 is 8.78 Å². The molecule has 2 aromatic carbocycles. The van der Waals surface area contributed by atoms with E-state index in [9.17, 15) is 13.5 Å². The summed E-state index contributed by atoms with van der Waals surface area (Å²) in [5, 5.41) is 9.21. The van der Waals surface area contributed by atoms with Crippen molar-refractivity contribution in [3.63, 3.8) is 0 Å². The van der Waals surface area contributed by atoms with Crippen LogP contribution in [0, 0.1) is 11.6 Å². The topological polar surface area (TPSA) is 57.6 Å². The monoisotopic (exact) mass is 477 g/mol. The first-order valence-corrected chi connectivity index (χ1v) is 13.4. The van der Waals surface area contributed by atoms with Crippen LogP contribution in [0.3, 0.4) is 0 Å². The van der Waals surface area contributed by atoms with E-state index in [-0.39, 0.29) is 18.2 Å². The van der Waals surface area contributed by atoms with Crippen LogP contribution in [0.15, 0.2) is 42.5 Å². The summed E-state index contributed by atoms with van der Waals surface area (Å²) in [5.74, 6) is -1.06. The summed E-state index contributed by atoms with van der Waals surface area (Å²) in [6, 6.07) is 11.2. The minimum absolute atomic E-state index is 0.0600. The van der Waals surface area contributed by atoms with Crippen molar-refractivity contribution in [1.82, 2.24) is 4.31 Å². The van der Waals surface area contributed by atoms with Crippen LogP contribution in [0.1, 0.15) is 80.7 Å². The third kappa shape index (κ3) is 4.86. The normalized spacial score (nSPS) is 25.0. The molecule has 7 heteroatoms. The van der Waals surface area contributed by atoms with Gasteiger partial charge in [0.15, 0.2) is 0 Å². The summed E-state index contributed by atoms with van der Waals surface area (Å²) in [7, 11) is -3.73. The van der Waals surface area contributed by atoms with Crippen LogP contribution in [0.4, 0.5) is 8.78 Å².